The normalized spacial score (nSPS) is 21.4. The van der Waals surface area contributed by atoms with Crippen LogP contribution in [0.2, 0.25) is 0 Å². The number of likely N-dealkylation sites (tertiary alicyclic amines) is 2. The smallest absolute Gasteiger partial charge is 0.236 e. The highest BCUT2D eigenvalue weighted by molar-refractivity contribution is 5.86. The van der Waals surface area contributed by atoms with Crippen LogP contribution in [0.3, 0.4) is 0 Å². The van der Waals surface area contributed by atoms with Crippen LogP contribution in [0.1, 0.15) is 68.7 Å². The summed E-state index contributed by atoms with van der Waals surface area (Å²) in [6.45, 7) is 8.59. The fraction of sp³-hybridized carbons (Fsp3) is 0.708. The molecule has 4 heterocycles. The SMILES string of the molecule is Cc1c(C)n(C2CCCC2)c2ncnc(OC3CCN(CC(=O)N4CCCC4)CC3)c12. The average Bonchev–Trinajstić information content (AvgIpc) is 3.53. The zero-order valence-electron chi connectivity index (χ0n) is 19.0. The highest BCUT2D eigenvalue weighted by Gasteiger charge is 2.28. The second-order valence-corrected chi connectivity index (χ2v) is 9.58. The first-order chi connectivity index (χ1) is 15.1. The van der Waals surface area contributed by atoms with Gasteiger partial charge in [0.1, 0.15) is 18.1 Å². The van der Waals surface area contributed by atoms with Gasteiger partial charge in [0.2, 0.25) is 11.8 Å². The summed E-state index contributed by atoms with van der Waals surface area (Å²) in [7, 11) is 0. The summed E-state index contributed by atoms with van der Waals surface area (Å²) < 4.78 is 8.88. The van der Waals surface area contributed by atoms with Gasteiger partial charge in [-0.05, 0) is 57.9 Å². The van der Waals surface area contributed by atoms with Crippen molar-refractivity contribution in [1.29, 1.82) is 0 Å². The van der Waals surface area contributed by atoms with Crippen molar-refractivity contribution in [3.8, 4) is 5.88 Å². The standard InChI is InChI=1S/C24H35N5O2/c1-17-18(2)29(19-7-3-4-8-19)23-22(17)24(26-16-25-23)31-20-9-13-27(14-10-20)15-21(30)28-11-5-6-12-28/h16,19-20H,3-15H2,1-2H3. The Morgan fingerprint density at radius 1 is 1.00 bits per heavy atom. The van der Waals surface area contributed by atoms with Gasteiger partial charge in [0.25, 0.3) is 0 Å². The Hall–Kier alpha value is -2.15. The summed E-state index contributed by atoms with van der Waals surface area (Å²) in [5.74, 6) is 1.02. The van der Waals surface area contributed by atoms with Crippen LogP contribution in [0, 0.1) is 13.8 Å². The van der Waals surface area contributed by atoms with E-state index in [0.717, 1.165) is 68.8 Å². The molecule has 1 aliphatic carbocycles. The van der Waals surface area contributed by atoms with E-state index in [2.05, 4.69) is 33.3 Å². The number of rotatable bonds is 5. The van der Waals surface area contributed by atoms with E-state index in [1.54, 1.807) is 6.33 Å². The summed E-state index contributed by atoms with van der Waals surface area (Å²) in [4.78, 5) is 25.9. The third-order valence-corrected chi connectivity index (χ3v) is 7.62. The van der Waals surface area contributed by atoms with Crippen LogP contribution in [-0.4, -0.2) is 69.1 Å². The molecule has 31 heavy (non-hydrogen) atoms. The zero-order valence-corrected chi connectivity index (χ0v) is 19.0. The molecule has 0 unspecified atom stereocenters. The number of fused-ring (bicyclic) bond motifs is 1. The molecule has 1 amide bonds. The number of carbonyl (C=O) groups is 1. The number of carbonyl (C=O) groups excluding carboxylic acids is 1. The van der Waals surface area contributed by atoms with Gasteiger partial charge in [-0.25, -0.2) is 9.97 Å². The molecule has 7 heteroatoms. The monoisotopic (exact) mass is 425 g/mol. The molecule has 168 valence electrons. The molecule has 1 saturated carbocycles. The fourth-order valence-electron chi connectivity index (χ4n) is 5.69. The molecule has 3 aliphatic rings. The number of ether oxygens (including phenoxy) is 1. The lowest BCUT2D eigenvalue weighted by Crippen LogP contribution is -2.44. The Kier molecular flexibility index (Phi) is 5.87. The lowest BCUT2D eigenvalue weighted by atomic mass is 10.1. The van der Waals surface area contributed by atoms with Gasteiger partial charge in [0.05, 0.1) is 11.9 Å². The van der Waals surface area contributed by atoms with Crippen molar-refractivity contribution in [1.82, 2.24) is 24.3 Å². The minimum Gasteiger partial charge on any atom is -0.474 e. The molecule has 2 aromatic heterocycles. The molecule has 0 radical (unpaired) electrons. The number of piperidine rings is 1. The van der Waals surface area contributed by atoms with E-state index >= 15 is 0 Å². The molecule has 2 aliphatic heterocycles. The lowest BCUT2D eigenvalue weighted by molar-refractivity contribution is -0.131. The molecule has 5 rings (SSSR count). The van der Waals surface area contributed by atoms with Crippen molar-refractivity contribution in [2.75, 3.05) is 32.7 Å². The van der Waals surface area contributed by atoms with Crippen molar-refractivity contribution in [2.24, 2.45) is 0 Å². The Morgan fingerprint density at radius 2 is 1.71 bits per heavy atom. The second-order valence-electron chi connectivity index (χ2n) is 9.58. The van der Waals surface area contributed by atoms with E-state index in [0.29, 0.717) is 12.6 Å². The minimum atomic E-state index is 0.144. The van der Waals surface area contributed by atoms with E-state index in [-0.39, 0.29) is 12.0 Å². The fourth-order valence-corrected chi connectivity index (χ4v) is 5.69. The van der Waals surface area contributed by atoms with Gasteiger partial charge in [0.15, 0.2) is 0 Å². The van der Waals surface area contributed by atoms with Crippen molar-refractivity contribution < 1.29 is 9.53 Å². The molecule has 3 fully saturated rings. The maximum absolute atomic E-state index is 12.4. The number of hydrogen-bond acceptors (Lipinski definition) is 5. The Morgan fingerprint density at radius 3 is 2.42 bits per heavy atom. The van der Waals surface area contributed by atoms with Gasteiger partial charge in [0, 0.05) is 37.9 Å². The maximum atomic E-state index is 12.4. The van der Waals surface area contributed by atoms with Crippen molar-refractivity contribution in [3.63, 3.8) is 0 Å². The molecule has 7 nitrogen and oxygen atoms in total. The first kappa shape index (κ1) is 20.7. The highest BCUT2D eigenvalue weighted by atomic mass is 16.5. The summed E-state index contributed by atoms with van der Waals surface area (Å²) in [5.41, 5.74) is 3.56. The van der Waals surface area contributed by atoms with Crippen molar-refractivity contribution in [3.05, 3.63) is 17.6 Å². The molecule has 0 bridgehead atoms. The van der Waals surface area contributed by atoms with Crippen LogP contribution in [0.25, 0.3) is 11.0 Å². The van der Waals surface area contributed by atoms with Crippen LogP contribution < -0.4 is 4.74 Å². The second kappa shape index (κ2) is 8.77. The predicted molar refractivity (Wildman–Crippen MR) is 120 cm³/mol. The average molecular weight is 426 g/mol. The lowest BCUT2D eigenvalue weighted by Gasteiger charge is -2.32. The van der Waals surface area contributed by atoms with Crippen LogP contribution in [-0.2, 0) is 4.79 Å². The first-order valence-corrected chi connectivity index (χ1v) is 12.1. The Bertz CT molecular complexity index is 935. The van der Waals surface area contributed by atoms with Crippen LogP contribution >= 0.6 is 0 Å². The van der Waals surface area contributed by atoms with E-state index in [9.17, 15) is 4.79 Å². The number of aryl methyl sites for hydroxylation is 1. The van der Waals surface area contributed by atoms with Gasteiger partial charge in [-0.2, -0.15) is 0 Å². The third-order valence-electron chi connectivity index (χ3n) is 7.62. The van der Waals surface area contributed by atoms with Gasteiger partial charge in [-0.1, -0.05) is 12.8 Å². The molecule has 2 aromatic rings. The number of hydrogen-bond donors (Lipinski definition) is 0. The number of amides is 1. The topological polar surface area (TPSA) is 63.5 Å². The van der Waals surface area contributed by atoms with Crippen LogP contribution in [0.5, 0.6) is 5.88 Å². The molecular formula is C24H35N5O2. The maximum Gasteiger partial charge on any atom is 0.236 e. The molecule has 0 spiro atoms. The Balaban J connectivity index is 1.26. The quantitative estimate of drug-likeness (QED) is 0.732. The van der Waals surface area contributed by atoms with Gasteiger partial charge in [-0.3, -0.25) is 9.69 Å². The van der Waals surface area contributed by atoms with Crippen LogP contribution in [0.15, 0.2) is 6.33 Å². The van der Waals surface area contributed by atoms with E-state index in [1.807, 2.05) is 4.90 Å². The number of aromatic nitrogens is 3. The Labute approximate surface area is 184 Å². The van der Waals surface area contributed by atoms with Crippen molar-refractivity contribution >= 4 is 16.9 Å². The first-order valence-electron chi connectivity index (χ1n) is 12.1. The van der Waals surface area contributed by atoms with Gasteiger partial charge >= 0.3 is 0 Å². The minimum absolute atomic E-state index is 0.144. The highest BCUT2D eigenvalue weighted by Crippen LogP contribution is 2.38. The van der Waals surface area contributed by atoms with Gasteiger partial charge < -0.3 is 14.2 Å². The third kappa shape index (κ3) is 4.04. The molecule has 0 N–H and O–H groups in total. The van der Waals surface area contributed by atoms with E-state index in [4.69, 9.17) is 4.74 Å². The van der Waals surface area contributed by atoms with E-state index in [1.165, 1.54) is 36.9 Å². The number of nitrogens with zero attached hydrogens (tertiary/aromatic N) is 5. The van der Waals surface area contributed by atoms with Crippen molar-refractivity contribution in [2.45, 2.75) is 77.4 Å². The van der Waals surface area contributed by atoms with E-state index < -0.39 is 0 Å². The van der Waals surface area contributed by atoms with Crippen LogP contribution in [0.4, 0.5) is 0 Å². The molecule has 0 aromatic carbocycles. The zero-order chi connectivity index (χ0) is 21.4. The predicted octanol–water partition coefficient (Wildman–Crippen LogP) is 3.63. The van der Waals surface area contributed by atoms with Gasteiger partial charge in [-0.15, -0.1) is 0 Å². The summed E-state index contributed by atoms with van der Waals surface area (Å²) in [6, 6.07) is 0.551. The molecule has 2 saturated heterocycles. The summed E-state index contributed by atoms with van der Waals surface area (Å²) in [6.07, 6.45) is 11.0. The molecule has 0 atom stereocenters. The molecular weight excluding hydrogens is 390 g/mol. The summed E-state index contributed by atoms with van der Waals surface area (Å²) >= 11 is 0. The largest absolute Gasteiger partial charge is 0.474 e. The summed E-state index contributed by atoms with van der Waals surface area (Å²) in [5, 5.41) is 1.08.